The molecule has 0 unspecified atom stereocenters. The van der Waals surface area contributed by atoms with Crippen molar-refractivity contribution < 1.29 is 9.66 Å². The van der Waals surface area contributed by atoms with Gasteiger partial charge in [-0.3, -0.25) is 10.1 Å². The molecule has 0 fully saturated rings. The van der Waals surface area contributed by atoms with Gasteiger partial charge in [0.2, 0.25) is 0 Å². The first-order chi connectivity index (χ1) is 10.0. The number of methoxy groups -OCH3 is 1. The average molecular weight is 286 g/mol. The summed E-state index contributed by atoms with van der Waals surface area (Å²) in [4.78, 5) is 10.8. The zero-order valence-corrected chi connectivity index (χ0v) is 12.3. The minimum Gasteiger partial charge on any atom is -0.497 e. The van der Waals surface area contributed by atoms with E-state index in [1.165, 1.54) is 0 Å². The predicted molar refractivity (Wildman–Crippen MR) is 82.9 cm³/mol. The smallest absolute Gasteiger partial charge is 0.292 e. The normalized spacial score (nSPS) is 10.2. The van der Waals surface area contributed by atoms with E-state index in [4.69, 9.17) is 4.74 Å². The molecule has 0 aliphatic rings. The van der Waals surface area contributed by atoms with E-state index in [1.54, 1.807) is 13.2 Å². The Morgan fingerprint density at radius 3 is 2.33 bits per heavy atom. The molecular weight excluding hydrogens is 268 g/mol. The number of nitrogens with one attached hydrogen (secondary N) is 1. The molecule has 0 heterocycles. The molecule has 2 aromatic carbocycles. The summed E-state index contributed by atoms with van der Waals surface area (Å²) in [6, 6.07) is 11.0. The highest BCUT2D eigenvalue weighted by atomic mass is 16.6. The van der Waals surface area contributed by atoms with Crippen LogP contribution in [0.3, 0.4) is 0 Å². The summed E-state index contributed by atoms with van der Waals surface area (Å²) in [5.74, 6) is 0.788. The summed E-state index contributed by atoms with van der Waals surface area (Å²) in [6.45, 7) is 4.33. The van der Waals surface area contributed by atoms with Gasteiger partial charge in [0.1, 0.15) is 11.4 Å². The second-order valence-corrected chi connectivity index (χ2v) is 4.91. The number of anilines is 1. The molecule has 0 bridgehead atoms. The Labute approximate surface area is 123 Å². The minimum absolute atomic E-state index is 0.103. The van der Waals surface area contributed by atoms with Gasteiger partial charge < -0.3 is 10.1 Å². The Balaban J connectivity index is 2.18. The van der Waals surface area contributed by atoms with Gasteiger partial charge in [-0.2, -0.15) is 0 Å². The Bertz CT molecular complexity index is 651. The Morgan fingerprint density at radius 2 is 1.76 bits per heavy atom. The lowest BCUT2D eigenvalue weighted by Crippen LogP contribution is -2.03. The van der Waals surface area contributed by atoms with Crippen LogP contribution in [0.4, 0.5) is 11.4 Å². The van der Waals surface area contributed by atoms with Gasteiger partial charge in [0.05, 0.1) is 12.0 Å². The van der Waals surface area contributed by atoms with Crippen molar-refractivity contribution in [2.75, 3.05) is 12.4 Å². The number of hydrogen-bond donors (Lipinski definition) is 1. The summed E-state index contributed by atoms with van der Waals surface area (Å²) in [5.41, 5.74) is 3.61. The second-order valence-electron chi connectivity index (χ2n) is 4.91. The largest absolute Gasteiger partial charge is 0.497 e. The van der Waals surface area contributed by atoms with Crippen molar-refractivity contribution in [1.29, 1.82) is 0 Å². The molecule has 2 rings (SSSR count). The van der Waals surface area contributed by atoms with E-state index >= 15 is 0 Å². The predicted octanol–water partition coefficient (Wildman–Crippen LogP) is 3.83. The average Bonchev–Trinajstić information content (AvgIpc) is 2.48. The van der Waals surface area contributed by atoms with Crippen molar-refractivity contribution in [2.24, 2.45) is 0 Å². The Kier molecular flexibility index (Phi) is 4.42. The summed E-state index contributed by atoms with van der Waals surface area (Å²) in [7, 11) is 1.62. The van der Waals surface area contributed by atoms with E-state index in [1.807, 2.05) is 44.2 Å². The minimum atomic E-state index is -0.358. The zero-order valence-electron chi connectivity index (χ0n) is 12.3. The molecule has 21 heavy (non-hydrogen) atoms. The van der Waals surface area contributed by atoms with Gasteiger partial charge in [0.15, 0.2) is 0 Å². The quantitative estimate of drug-likeness (QED) is 0.670. The lowest BCUT2D eigenvalue weighted by molar-refractivity contribution is -0.384. The Hall–Kier alpha value is -2.56. The number of nitrogens with zero attached hydrogens (tertiary/aromatic N) is 1. The molecule has 0 aliphatic carbocycles. The first-order valence-corrected chi connectivity index (χ1v) is 6.63. The molecule has 0 saturated carbocycles. The topological polar surface area (TPSA) is 64.4 Å². The maximum Gasteiger partial charge on any atom is 0.292 e. The van der Waals surface area contributed by atoms with Gasteiger partial charge in [0, 0.05) is 12.6 Å². The number of nitro benzene ring substituents is 1. The standard InChI is InChI=1S/C16H18N2O3/c1-11-8-15(16(18(19)20)9-12(11)2)17-10-13-4-6-14(21-3)7-5-13/h4-9,17H,10H2,1-3H3. The van der Waals surface area contributed by atoms with E-state index in [0.29, 0.717) is 12.2 Å². The highest BCUT2D eigenvalue weighted by Crippen LogP contribution is 2.28. The van der Waals surface area contributed by atoms with Crippen LogP contribution in [0.2, 0.25) is 0 Å². The van der Waals surface area contributed by atoms with Crippen molar-refractivity contribution in [2.45, 2.75) is 20.4 Å². The monoisotopic (exact) mass is 286 g/mol. The summed E-state index contributed by atoms with van der Waals surface area (Å²) in [6.07, 6.45) is 0. The molecule has 0 aromatic heterocycles. The molecule has 0 aliphatic heterocycles. The van der Waals surface area contributed by atoms with Gasteiger partial charge >= 0.3 is 0 Å². The molecule has 5 heteroatoms. The molecule has 5 nitrogen and oxygen atoms in total. The second kappa shape index (κ2) is 6.26. The van der Waals surface area contributed by atoms with Crippen molar-refractivity contribution in [3.05, 3.63) is 63.2 Å². The van der Waals surface area contributed by atoms with Gasteiger partial charge in [-0.15, -0.1) is 0 Å². The number of benzene rings is 2. The number of aryl methyl sites for hydroxylation is 2. The molecule has 0 spiro atoms. The molecule has 1 N–H and O–H groups in total. The summed E-state index contributed by atoms with van der Waals surface area (Å²) < 4.78 is 5.10. The van der Waals surface area contributed by atoms with Crippen LogP contribution in [0, 0.1) is 24.0 Å². The van der Waals surface area contributed by atoms with Crippen LogP contribution in [0.15, 0.2) is 36.4 Å². The number of hydrogen-bond acceptors (Lipinski definition) is 4. The lowest BCUT2D eigenvalue weighted by Gasteiger charge is -2.10. The molecule has 0 amide bonds. The van der Waals surface area contributed by atoms with Crippen molar-refractivity contribution in [1.82, 2.24) is 0 Å². The van der Waals surface area contributed by atoms with Crippen LogP contribution < -0.4 is 10.1 Å². The summed E-state index contributed by atoms with van der Waals surface area (Å²) >= 11 is 0. The van der Waals surface area contributed by atoms with E-state index in [0.717, 1.165) is 22.4 Å². The highest BCUT2D eigenvalue weighted by Gasteiger charge is 2.15. The maximum atomic E-state index is 11.1. The molecule has 2 aromatic rings. The highest BCUT2D eigenvalue weighted by molar-refractivity contribution is 5.64. The molecule has 0 radical (unpaired) electrons. The van der Waals surface area contributed by atoms with Gasteiger partial charge in [-0.1, -0.05) is 12.1 Å². The molecular formula is C16H18N2O3. The van der Waals surface area contributed by atoms with Crippen LogP contribution in [-0.2, 0) is 6.54 Å². The van der Waals surface area contributed by atoms with E-state index in [-0.39, 0.29) is 10.6 Å². The van der Waals surface area contributed by atoms with Crippen molar-refractivity contribution >= 4 is 11.4 Å². The fourth-order valence-electron chi connectivity index (χ4n) is 2.03. The van der Waals surface area contributed by atoms with Crippen LogP contribution in [-0.4, -0.2) is 12.0 Å². The molecule has 110 valence electrons. The van der Waals surface area contributed by atoms with Gasteiger partial charge in [-0.25, -0.2) is 0 Å². The van der Waals surface area contributed by atoms with Crippen LogP contribution in [0.5, 0.6) is 5.75 Å². The van der Waals surface area contributed by atoms with Crippen LogP contribution >= 0.6 is 0 Å². The van der Waals surface area contributed by atoms with E-state index in [2.05, 4.69) is 5.32 Å². The number of ether oxygens (including phenoxy) is 1. The SMILES string of the molecule is COc1ccc(CNc2cc(C)c(C)cc2[N+](=O)[O-])cc1. The number of nitro groups is 1. The first kappa shape index (κ1) is 14.8. The lowest BCUT2D eigenvalue weighted by atomic mass is 10.1. The summed E-state index contributed by atoms with van der Waals surface area (Å²) in [5, 5.41) is 14.3. The third-order valence-electron chi connectivity index (χ3n) is 3.45. The van der Waals surface area contributed by atoms with Gasteiger partial charge in [-0.05, 0) is 48.7 Å². The van der Waals surface area contributed by atoms with Crippen molar-refractivity contribution in [3.8, 4) is 5.75 Å². The fraction of sp³-hybridized carbons (Fsp3) is 0.250. The van der Waals surface area contributed by atoms with Crippen LogP contribution in [0.25, 0.3) is 0 Å². The molecule has 0 saturated heterocycles. The van der Waals surface area contributed by atoms with E-state index in [9.17, 15) is 10.1 Å². The van der Waals surface area contributed by atoms with Crippen molar-refractivity contribution in [3.63, 3.8) is 0 Å². The molecule has 0 atom stereocenters. The van der Waals surface area contributed by atoms with Crippen LogP contribution in [0.1, 0.15) is 16.7 Å². The van der Waals surface area contributed by atoms with E-state index < -0.39 is 0 Å². The third kappa shape index (κ3) is 3.51. The first-order valence-electron chi connectivity index (χ1n) is 6.63. The Morgan fingerprint density at radius 1 is 1.14 bits per heavy atom. The maximum absolute atomic E-state index is 11.1. The van der Waals surface area contributed by atoms with Gasteiger partial charge in [0.25, 0.3) is 5.69 Å². The number of rotatable bonds is 5. The third-order valence-corrected chi connectivity index (χ3v) is 3.45. The fourth-order valence-corrected chi connectivity index (χ4v) is 2.03. The zero-order chi connectivity index (χ0) is 15.4.